The lowest BCUT2D eigenvalue weighted by molar-refractivity contribution is 0.0971. The van der Waals surface area contributed by atoms with Crippen LogP contribution in [0.25, 0.3) is 0 Å². The quantitative estimate of drug-likeness (QED) is 0.109. The minimum Gasteiger partial charge on any atom is -0.416 e. The molecule has 0 spiro atoms. The molecule has 0 amide bonds. The number of rotatable bonds is 15. The van der Waals surface area contributed by atoms with Gasteiger partial charge in [-0.25, -0.2) is 9.97 Å². The lowest BCUT2D eigenvalue weighted by atomic mass is 10.1. The number of nitrogens with zero attached hydrogens (tertiary/aromatic N) is 2. The third kappa shape index (κ3) is 10.4. The highest BCUT2D eigenvalue weighted by Gasteiger charge is 2.50. The summed E-state index contributed by atoms with van der Waals surface area (Å²) in [6, 6.07) is 1.94. The zero-order valence-electron chi connectivity index (χ0n) is 36.2. The van der Waals surface area contributed by atoms with Gasteiger partial charge in [-0.2, -0.15) is 0 Å². The van der Waals surface area contributed by atoms with Crippen LogP contribution in [0.3, 0.4) is 0 Å². The fraction of sp³-hybridized carbons (Fsp3) is 0.738. The molecule has 2 aromatic heterocycles. The first-order valence-electron chi connectivity index (χ1n) is 20.2. The molecule has 2 heterocycles. The van der Waals surface area contributed by atoms with Gasteiger partial charge >= 0.3 is 0 Å². The topological polar surface area (TPSA) is 82.6 Å². The Morgan fingerprint density at radius 3 is 2.09 bits per heavy atom. The lowest BCUT2D eigenvalue weighted by Crippen LogP contribution is -2.51. The number of carbonyl (C=O) groups excluding carboxylic acids is 1. The van der Waals surface area contributed by atoms with Gasteiger partial charge in [0.1, 0.15) is 22.6 Å². The van der Waals surface area contributed by atoms with Gasteiger partial charge in [0.25, 0.3) is 0 Å². The molecule has 302 valence electrons. The third-order valence-corrected chi connectivity index (χ3v) is 29.3. The molecule has 54 heavy (non-hydrogen) atoms. The van der Waals surface area contributed by atoms with E-state index in [0.29, 0.717) is 49.7 Å². The Kier molecular flexibility index (Phi) is 14.5. The van der Waals surface area contributed by atoms with Gasteiger partial charge in [-0.1, -0.05) is 107 Å². The van der Waals surface area contributed by atoms with Crippen molar-refractivity contribution in [2.75, 3.05) is 11.9 Å². The summed E-state index contributed by atoms with van der Waals surface area (Å²) >= 11 is 8.21. The molecule has 2 aliphatic rings. The van der Waals surface area contributed by atoms with Gasteiger partial charge in [0.15, 0.2) is 16.6 Å². The average Bonchev–Trinajstić information content (AvgIpc) is 3.68. The summed E-state index contributed by atoms with van der Waals surface area (Å²) in [5.74, 6) is 7.84. The number of thiophene rings is 1. The number of aromatic nitrogens is 2. The van der Waals surface area contributed by atoms with E-state index in [4.69, 9.17) is 24.9 Å². The number of carbonyl (C=O) groups is 1. The minimum atomic E-state index is -2.20. The van der Waals surface area contributed by atoms with E-state index in [-0.39, 0.29) is 33.9 Å². The Balaban J connectivity index is 1.63. The highest BCUT2D eigenvalue weighted by molar-refractivity contribution is 7.18. The highest BCUT2D eigenvalue weighted by Crippen LogP contribution is 2.47. The van der Waals surface area contributed by atoms with Gasteiger partial charge in [0, 0.05) is 36.2 Å². The molecule has 0 aliphatic heterocycles. The Hall–Kier alpha value is -1.37. The van der Waals surface area contributed by atoms with Crippen LogP contribution in [0.5, 0.6) is 0 Å². The van der Waals surface area contributed by atoms with Crippen LogP contribution < -0.4 is 5.32 Å². The molecule has 2 aliphatic carbocycles. The molecule has 4 atom stereocenters. The van der Waals surface area contributed by atoms with E-state index < -0.39 is 31.1 Å². The molecule has 0 radical (unpaired) electrons. The van der Waals surface area contributed by atoms with Crippen LogP contribution in [-0.4, -0.2) is 59.5 Å². The molecular weight excluding hydrogens is 762 g/mol. The molecule has 2 aromatic rings. The van der Waals surface area contributed by atoms with Crippen molar-refractivity contribution in [3.05, 3.63) is 38.9 Å². The van der Waals surface area contributed by atoms with Crippen LogP contribution in [0, 0.1) is 23.7 Å². The first-order valence-corrected chi connectivity index (χ1v) is 29.4. The predicted octanol–water partition coefficient (Wildman–Crippen LogP) is 12.7. The number of ketones is 1. The van der Waals surface area contributed by atoms with E-state index >= 15 is 0 Å². The highest BCUT2D eigenvalue weighted by atomic mass is 35.5. The van der Waals surface area contributed by atoms with Crippen molar-refractivity contribution in [3.8, 4) is 11.8 Å². The number of halogens is 1. The van der Waals surface area contributed by atoms with Crippen molar-refractivity contribution in [1.29, 1.82) is 0 Å². The molecular formula is C42H70ClN3O4SSi3. The smallest absolute Gasteiger partial charge is 0.208 e. The first-order chi connectivity index (χ1) is 24.8. The Bertz CT molecular complexity index is 1640. The number of hydrogen-bond acceptors (Lipinski definition) is 8. The van der Waals surface area contributed by atoms with Gasteiger partial charge < -0.3 is 18.6 Å². The summed E-state index contributed by atoms with van der Waals surface area (Å²) in [6.07, 6.45) is 6.65. The maximum Gasteiger partial charge on any atom is 0.208 e. The number of hydrogen-bond donors (Lipinski definition) is 1. The van der Waals surface area contributed by atoms with Gasteiger partial charge in [-0.05, 0) is 84.6 Å². The maximum absolute atomic E-state index is 14.3. The van der Waals surface area contributed by atoms with Gasteiger partial charge in [0.05, 0.1) is 16.5 Å². The minimum absolute atomic E-state index is 0.00218. The zero-order valence-corrected chi connectivity index (χ0v) is 40.8. The normalized spacial score (nSPS) is 20.8. The summed E-state index contributed by atoms with van der Waals surface area (Å²) in [5, 5.41) is 3.82. The van der Waals surface area contributed by atoms with E-state index in [1.165, 1.54) is 17.7 Å². The molecule has 0 bridgehead atoms. The summed E-state index contributed by atoms with van der Waals surface area (Å²) in [5.41, 5.74) is 2.63. The van der Waals surface area contributed by atoms with Crippen molar-refractivity contribution in [2.24, 2.45) is 11.8 Å². The summed E-state index contributed by atoms with van der Waals surface area (Å²) in [7, 11) is -6.34. The number of nitrogens with one attached hydrogen (secondary N) is 1. The molecule has 1 N–H and O–H groups in total. The molecule has 4 rings (SSSR count). The van der Waals surface area contributed by atoms with E-state index in [2.05, 4.69) is 136 Å². The fourth-order valence-corrected chi connectivity index (χ4v) is 16.5. The summed E-state index contributed by atoms with van der Waals surface area (Å²) in [4.78, 5) is 23.8. The third-order valence-electron chi connectivity index (χ3n) is 12.9. The van der Waals surface area contributed by atoms with E-state index in [9.17, 15) is 4.79 Å². The second-order valence-corrected chi connectivity index (χ2v) is 36.5. The average molecular weight is 833 g/mol. The lowest BCUT2D eigenvalue weighted by Gasteiger charge is -2.45. The second-order valence-electron chi connectivity index (χ2n) is 19.9. The Morgan fingerprint density at radius 1 is 0.963 bits per heavy atom. The van der Waals surface area contributed by atoms with Crippen molar-refractivity contribution in [3.63, 3.8) is 0 Å². The molecule has 2 fully saturated rings. The van der Waals surface area contributed by atoms with Crippen LogP contribution in [0.4, 0.5) is 5.82 Å². The van der Waals surface area contributed by atoms with Crippen LogP contribution in [0.1, 0.15) is 136 Å². The molecule has 0 saturated heterocycles. The molecule has 7 nitrogen and oxygen atoms in total. The van der Waals surface area contributed by atoms with Crippen LogP contribution in [-0.2, 0) is 13.3 Å². The molecule has 2 saturated carbocycles. The maximum atomic E-state index is 14.3. The monoisotopic (exact) mass is 831 g/mol. The fourth-order valence-electron chi connectivity index (χ4n) is 7.40. The molecule has 12 heteroatoms. The predicted molar refractivity (Wildman–Crippen MR) is 236 cm³/mol. The second kappa shape index (κ2) is 17.2. The van der Waals surface area contributed by atoms with Gasteiger partial charge in [0.2, 0.25) is 14.1 Å². The molecule has 0 unspecified atom stereocenters. The summed E-state index contributed by atoms with van der Waals surface area (Å²) in [6.45, 7) is 37.4. The Labute approximate surface area is 340 Å². The number of anilines is 1. The van der Waals surface area contributed by atoms with E-state index in [1.54, 1.807) is 6.20 Å². The molecule has 0 aromatic carbocycles. The van der Waals surface area contributed by atoms with Crippen molar-refractivity contribution < 1.29 is 18.1 Å². The van der Waals surface area contributed by atoms with Crippen LogP contribution in [0.2, 0.25) is 57.2 Å². The van der Waals surface area contributed by atoms with Crippen molar-refractivity contribution >= 4 is 59.5 Å². The first kappa shape index (κ1) is 45.3. The largest absolute Gasteiger partial charge is 0.416 e. The summed E-state index contributed by atoms with van der Waals surface area (Å²) < 4.78 is 21.7. The van der Waals surface area contributed by atoms with Crippen LogP contribution in [0.15, 0.2) is 18.6 Å². The van der Waals surface area contributed by atoms with E-state index in [0.717, 1.165) is 31.2 Å². The zero-order chi connectivity index (χ0) is 40.6. The van der Waals surface area contributed by atoms with Crippen molar-refractivity contribution in [1.82, 2.24) is 9.97 Å². The van der Waals surface area contributed by atoms with Crippen LogP contribution >= 0.6 is 22.9 Å². The Morgan fingerprint density at radius 2 is 1.56 bits per heavy atom. The SMILES string of the molecule is CC(C)[Si](O[C@H]1C[C@H](Nc2ncncc2C(=O)c2cc([C@@H](C#CC3CC3)O[Si](C)(C)C(C)(C)C)c(Cl)s2)C[C@@H]1CO[Si](C)(C)C(C)(C)C)(C(C)C)C(C)C. The van der Waals surface area contributed by atoms with Gasteiger partial charge in [-0.3, -0.25) is 4.79 Å². The van der Waals surface area contributed by atoms with Gasteiger partial charge in [-0.15, -0.1) is 11.3 Å². The van der Waals surface area contributed by atoms with E-state index in [1.807, 2.05) is 6.07 Å². The van der Waals surface area contributed by atoms with Crippen molar-refractivity contribution in [2.45, 2.75) is 180 Å². The standard InChI is InChI=1S/C42H70ClN3O4SSi3/c1-27(2)54(28(3)4,29(5)6)50-36-22-32(21-31(36)25-48-52(13,14)41(7,8)9)46-40-34(24-44-26-45-40)38(47)37-23-33(39(43)51-37)35(20-19-30-17-18-30)49-53(15,16)42(10,11)12/h23-24,26-32,35-36H,17-18,21-22,25H2,1-16H3,(H,44,45,46)/t31-,32-,35-,36+/m1/s1.